The van der Waals surface area contributed by atoms with Gasteiger partial charge < -0.3 is 99.7 Å². The van der Waals surface area contributed by atoms with Gasteiger partial charge in [-0.05, 0) is 241 Å². The number of nitrogens with one attached hydrogen (secondary N) is 4. The minimum atomic E-state index is 0.451. The predicted octanol–water partition coefficient (Wildman–Crippen LogP) is 21.8. The maximum absolute atomic E-state index is 6.47. The zero-order valence-electron chi connectivity index (χ0n) is 70.7. The molecule has 10 heterocycles. The van der Waals surface area contributed by atoms with E-state index in [1.165, 1.54) is 60.3 Å². The van der Waals surface area contributed by atoms with Gasteiger partial charge in [-0.15, -0.1) is 0 Å². The predicted molar refractivity (Wildman–Crippen MR) is 543 cm³/mol. The maximum atomic E-state index is 6.47. The first-order valence-corrected chi connectivity index (χ1v) is 44.8. The van der Waals surface area contributed by atoms with E-state index < -0.39 is 0 Å². The summed E-state index contributed by atoms with van der Waals surface area (Å²) in [6.45, 7) is 3.37. The normalized spacial score (nSPS) is 11.3. The molecular weight excluding hydrogens is 1880 g/mol. The summed E-state index contributed by atoms with van der Waals surface area (Å²) < 4.78 is 42.9. The van der Waals surface area contributed by atoms with E-state index in [4.69, 9.17) is 113 Å². The third-order valence-corrected chi connectivity index (χ3v) is 25.6. The highest BCUT2D eigenvalue weighted by molar-refractivity contribution is 14.1. The first-order chi connectivity index (χ1) is 62.1. The van der Waals surface area contributed by atoms with Crippen LogP contribution in [-0.2, 0) is 71.9 Å². The largest absolute Gasteiger partial charge is 0.497 e. The topological polar surface area (TPSA) is 333 Å². The summed E-state index contributed by atoms with van der Waals surface area (Å²) in [5.74, 6) is 6.29. The maximum Gasteiger partial charge on any atom is 0.201 e. The van der Waals surface area contributed by atoms with E-state index in [0.717, 1.165) is 111 Å². The molecule has 10 aromatic carbocycles. The van der Waals surface area contributed by atoms with Crippen molar-refractivity contribution >= 4 is 238 Å². The molecule has 0 unspecified atom stereocenters. The van der Waals surface area contributed by atoms with Crippen LogP contribution in [0.25, 0.3) is 109 Å². The number of methoxy groups -OCH3 is 5. The van der Waals surface area contributed by atoms with Crippen LogP contribution in [0.1, 0.15) is 27.8 Å². The van der Waals surface area contributed by atoms with E-state index in [1.54, 1.807) is 47.7 Å². The van der Waals surface area contributed by atoms with Crippen LogP contribution in [0.2, 0.25) is 0 Å². The molecule has 0 fully saturated rings. The SMILES string of the molecule is COc1cc2nc(=S)n(CCc3c[nH]c4ccccc34)c(N)c2cc1OC.COc1cc2nc(=S)n(CCc3cn(C)c4ccccc34)c(N)c2cc1OC.COc1ccc2nc(=S)n(CCc3c[nH]c4ccccc34)c(N)c2c1.Nc1c2cc(Br)ccc2nc(=S)n1CCc1c[nH]c2ccccc12.Nc1c2cc(I)ccc2nc(=S)n1CCc1c[nH]c2ccccc12. The second-order valence-electron chi connectivity index (χ2n) is 30.3. The molecule has 0 radical (unpaired) electrons. The van der Waals surface area contributed by atoms with Crippen molar-refractivity contribution in [1.82, 2.24) is 72.3 Å². The quantitative estimate of drug-likeness (QED) is 0.0253. The van der Waals surface area contributed by atoms with Crippen LogP contribution < -0.4 is 52.4 Å². The van der Waals surface area contributed by atoms with Crippen molar-refractivity contribution in [3.8, 4) is 28.7 Å². The number of aryl methyl sites for hydroxylation is 6. The van der Waals surface area contributed by atoms with Crippen molar-refractivity contribution in [3.05, 3.63) is 291 Å². The summed E-state index contributed by atoms with van der Waals surface area (Å²) in [5, 5.41) is 10.5. The molecule has 0 spiro atoms. The Morgan fingerprint density at radius 1 is 0.320 bits per heavy atom. The highest BCUT2D eigenvalue weighted by atomic mass is 127. The summed E-state index contributed by atoms with van der Waals surface area (Å²) in [4.78, 5) is 35.8. The van der Waals surface area contributed by atoms with Crippen LogP contribution in [0.4, 0.5) is 29.1 Å². The van der Waals surface area contributed by atoms with Gasteiger partial charge in [0.1, 0.15) is 34.8 Å². The van der Waals surface area contributed by atoms with Crippen molar-refractivity contribution in [2.45, 2.75) is 64.8 Å². The van der Waals surface area contributed by atoms with Gasteiger partial charge in [-0.1, -0.05) is 107 Å². The Hall–Kier alpha value is -13.1. The van der Waals surface area contributed by atoms with Crippen LogP contribution in [0.15, 0.2) is 236 Å². The Kier molecular flexibility index (Phi) is 26.9. The molecule has 25 nitrogen and oxygen atoms in total. The van der Waals surface area contributed by atoms with Crippen LogP contribution >= 0.6 is 99.6 Å². The molecule has 0 atom stereocenters. The molecular formula is C96H90BrIN20O5S5. The molecule has 0 saturated heterocycles. The Morgan fingerprint density at radius 2 is 0.617 bits per heavy atom. The van der Waals surface area contributed by atoms with Crippen molar-refractivity contribution in [2.75, 3.05) is 64.2 Å². The van der Waals surface area contributed by atoms with Crippen molar-refractivity contribution in [3.63, 3.8) is 0 Å². The lowest BCUT2D eigenvalue weighted by Crippen LogP contribution is -2.11. The van der Waals surface area contributed by atoms with Gasteiger partial charge in [-0.2, -0.15) is 0 Å². The number of halogens is 2. The standard InChI is InChI=1S/C21H22N4O2S.C20H20N4O2S.C19H18N4OS.C18H15BrN4S.C18H15IN4S/c1-24-12-13(14-6-4-5-7-17(14)24)8-9-25-20(22)15-10-18(26-2)19(27-3)11-16(15)23-21(25)28;1-25-17-9-14-16(10-18(17)26-2)23-20(27)24(19(14)21)8-7-12-11-22-15-6-4-3-5-13(12)15;1-24-13-6-7-17-15(10-13)18(20)23(19(25)22-17)9-8-12-11-21-16-5-3-2-4-14(12)16;2*19-12-5-6-16-14(9-12)17(20)23(18(24)22-16)8-7-11-10-21-15-4-2-1-3-13(11)15/h4-7,10-12H,8-9,22H2,1-3H3;3-6,9-11,22H,7-8,21H2,1-2H3;2-7,10-11,21H,8-9,20H2,1H3;2*1-6,9-10,21H,7-8,20H2. The highest BCUT2D eigenvalue weighted by Crippen LogP contribution is 2.38. The number of benzene rings is 10. The van der Waals surface area contributed by atoms with Gasteiger partial charge in [0, 0.05) is 172 Å². The smallest absolute Gasteiger partial charge is 0.201 e. The second-order valence-corrected chi connectivity index (χ2v) is 34.3. The number of ether oxygens (including phenoxy) is 5. The van der Waals surface area contributed by atoms with Crippen LogP contribution in [0.5, 0.6) is 28.7 Å². The lowest BCUT2D eigenvalue weighted by Gasteiger charge is -2.15. The van der Waals surface area contributed by atoms with Crippen LogP contribution in [0, 0.1) is 27.4 Å². The number of H-pyrrole nitrogens is 4. The molecule has 32 heteroatoms. The summed E-state index contributed by atoms with van der Waals surface area (Å²) in [6, 6.07) is 66.3. The number of fused-ring (bicyclic) bond motifs is 10. The van der Waals surface area contributed by atoms with E-state index in [-0.39, 0.29) is 0 Å². The Labute approximate surface area is 782 Å². The number of rotatable bonds is 20. The molecule has 0 bridgehead atoms. The van der Waals surface area contributed by atoms with E-state index in [0.29, 0.717) is 120 Å². The number of nitrogen functional groups attached to an aromatic ring is 5. The minimum absolute atomic E-state index is 0.451. The van der Waals surface area contributed by atoms with Gasteiger partial charge in [-0.25, -0.2) is 24.9 Å². The molecule has 0 amide bonds. The fraction of sp³-hybridized carbons (Fsp3) is 0.167. The van der Waals surface area contributed by atoms with Crippen LogP contribution in [-0.4, -0.2) is 108 Å². The van der Waals surface area contributed by atoms with Crippen molar-refractivity contribution in [1.29, 1.82) is 0 Å². The molecule has 0 aliphatic rings. The average molecular weight is 1970 g/mol. The van der Waals surface area contributed by atoms with Gasteiger partial charge in [0.05, 0.1) is 63.1 Å². The number of nitrogens with two attached hydrogens (primary N) is 5. The lowest BCUT2D eigenvalue weighted by molar-refractivity contribution is 0.355. The van der Waals surface area contributed by atoms with Gasteiger partial charge in [-0.3, -0.25) is 0 Å². The van der Waals surface area contributed by atoms with Gasteiger partial charge in [0.2, 0.25) is 23.9 Å². The summed E-state index contributed by atoms with van der Waals surface area (Å²) >= 11 is 33.1. The summed E-state index contributed by atoms with van der Waals surface area (Å²) in [7, 11) is 10.1. The number of para-hydroxylation sites is 5. The second kappa shape index (κ2) is 39.0. The molecule has 0 saturated carbocycles. The Morgan fingerprint density at radius 3 is 0.984 bits per heavy atom. The van der Waals surface area contributed by atoms with E-state index >= 15 is 0 Å². The zero-order chi connectivity index (χ0) is 89.6. The van der Waals surface area contributed by atoms with Gasteiger partial charge in [0.25, 0.3) is 0 Å². The number of hydrogen-bond donors (Lipinski definition) is 9. The summed E-state index contributed by atoms with van der Waals surface area (Å²) in [6.07, 6.45) is 14.4. The number of aromatic amines is 4. The lowest BCUT2D eigenvalue weighted by atomic mass is 10.1. The van der Waals surface area contributed by atoms with E-state index in [1.807, 2.05) is 132 Å². The Balaban J connectivity index is 0.000000118. The molecule has 20 rings (SSSR count). The number of hydrogen-bond acceptors (Lipinski definition) is 20. The molecule has 0 aliphatic carbocycles. The molecule has 0 aliphatic heterocycles. The molecule has 128 heavy (non-hydrogen) atoms. The number of aromatic nitrogens is 15. The Bertz CT molecular complexity index is 7770. The third-order valence-electron chi connectivity index (χ3n) is 22.9. The van der Waals surface area contributed by atoms with E-state index in [9.17, 15) is 0 Å². The molecule has 20 aromatic rings. The fourth-order valence-electron chi connectivity index (χ4n) is 16.2. The monoisotopic (exact) mass is 1970 g/mol. The number of anilines is 5. The zero-order valence-corrected chi connectivity index (χ0v) is 78.5. The molecule has 10 aromatic heterocycles. The van der Waals surface area contributed by atoms with E-state index in [2.05, 4.69) is 205 Å². The minimum Gasteiger partial charge on any atom is -0.497 e. The highest BCUT2D eigenvalue weighted by Gasteiger charge is 2.20. The first kappa shape index (κ1) is 88.3. The van der Waals surface area contributed by atoms with Crippen molar-refractivity contribution < 1.29 is 23.7 Å². The van der Waals surface area contributed by atoms with Crippen molar-refractivity contribution in [2.24, 2.45) is 7.05 Å². The average Bonchev–Trinajstić information content (AvgIpc) is 0.975. The third kappa shape index (κ3) is 18.6. The van der Waals surface area contributed by atoms with Gasteiger partial charge in [0.15, 0.2) is 23.0 Å². The van der Waals surface area contributed by atoms with Crippen LogP contribution in [0.3, 0.4) is 0 Å². The molecule has 648 valence electrons. The van der Waals surface area contributed by atoms with Gasteiger partial charge >= 0.3 is 0 Å². The fourth-order valence-corrected chi connectivity index (χ4v) is 18.5. The molecule has 14 N–H and O–H groups in total. The first-order valence-electron chi connectivity index (χ1n) is 40.9. The summed E-state index contributed by atoms with van der Waals surface area (Å²) in [5.41, 5.74) is 47.9. The number of nitrogens with zero attached hydrogens (tertiary/aromatic N) is 11.